The molecule has 1 aromatic carbocycles. The van der Waals surface area contributed by atoms with Crippen molar-refractivity contribution in [3.63, 3.8) is 0 Å². The van der Waals surface area contributed by atoms with E-state index in [1.807, 2.05) is 53.3 Å². The molecule has 5 nitrogen and oxygen atoms in total. The zero-order valence-corrected chi connectivity index (χ0v) is 18.3. The normalized spacial score (nSPS) is 21.9. The van der Waals surface area contributed by atoms with E-state index < -0.39 is 5.54 Å². The SMILES string of the molecule is CCc1ccccc1N1C(=O)c2cc3ccsc3n2C[C@]1(C)C(=O)NC1CCCC1. The summed E-state index contributed by atoms with van der Waals surface area (Å²) in [5, 5.41) is 6.37. The number of amides is 2. The number of nitrogens with zero attached hydrogens (tertiary/aromatic N) is 2. The number of carbonyl (C=O) groups excluding carboxylic acids is 2. The summed E-state index contributed by atoms with van der Waals surface area (Å²) < 4.78 is 2.04. The molecule has 2 aromatic heterocycles. The fourth-order valence-electron chi connectivity index (χ4n) is 5.01. The number of thiophene rings is 1. The number of aryl methyl sites for hydroxylation is 1. The first-order chi connectivity index (χ1) is 14.5. The van der Waals surface area contributed by atoms with Crippen molar-refractivity contribution < 1.29 is 9.59 Å². The Bertz CT molecular complexity index is 1120. The molecule has 6 heteroatoms. The molecular formula is C24H27N3O2S. The summed E-state index contributed by atoms with van der Waals surface area (Å²) in [6, 6.07) is 12.2. The van der Waals surface area contributed by atoms with E-state index in [-0.39, 0.29) is 17.9 Å². The van der Waals surface area contributed by atoms with Gasteiger partial charge >= 0.3 is 0 Å². The molecule has 0 spiro atoms. The molecule has 2 aliphatic rings. The van der Waals surface area contributed by atoms with Crippen molar-refractivity contribution in [2.75, 3.05) is 4.90 Å². The lowest BCUT2D eigenvalue weighted by atomic mass is 9.92. The fraction of sp³-hybridized carbons (Fsp3) is 0.417. The smallest absolute Gasteiger partial charge is 0.275 e. The molecule has 1 atom stereocenters. The van der Waals surface area contributed by atoms with Crippen LogP contribution in [0.15, 0.2) is 41.8 Å². The molecule has 1 saturated carbocycles. The second-order valence-electron chi connectivity index (χ2n) is 8.65. The van der Waals surface area contributed by atoms with E-state index in [1.54, 1.807) is 16.2 Å². The van der Waals surface area contributed by atoms with Gasteiger partial charge in [0.2, 0.25) is 5.91 Å². The molecule has 0 bridgehead atoms. The molecule has 0 radical (unpaired) electrons. The van der Waals surface area contributed by atoms with Crippen molar-refractivity contribution in [1.29, 1.82) is 0 Å². The molecule has 2 amide bonds. The summed E-state index contributed by atoms with van der Waals surface area (Å²) in [5.74, 6) is -0.160. The van der Waals surface area contributed by atoms with Gasteiger partial charge in [-0.05, 0) is 55.3 Å². The highest BCUT2D eigenvalue weighted by atomic mass is 32.1. The molecule has 5 rings (SSSR count). The van der Waals surface area contributed by atoms with E-state index in [0.717, 1.165) is 53.6 Å². The summed E-state index contributed by atoms with van der Waals surface area (Å²) >= 11 is 1.62. The van der Waals surface area contributed by atoms with Crippen LogP contribution in [0.4, 0.5) is 5.69 Å². The standard InChI is InChI=1S/C24H27N3O2S/c1-3-16-8-4-7-11-19(16)27-21(28)20-14-17-12-13-30-22(17)26(20)15-24(27,2)23(29)25-18-9-5-6-10-18/h4,7-8,11-14,18H,3,5-6,9-10,15H2,1-2H3,(H,25,29)/t24-/m1/s1. The van der Waals surface area contributed by atoms with Crippen molar-refractivity contribution in [3.05, 3.63) is 53.0 Å². The van der Waals surface area contributed by atoms with Crippen molar-refractivity contribution in [2.45, 2.75) is 64.1 Å². The maximum Gasteiger partial charge on any atom is 0.275 e. The first kappa shape index (κ1) is 19.4. The molecule has 1 N–H and O–H groups in total. The lowest BCUT2D eigenvalue weighted by molar-refractivity contribution is -0.127. The molecule has 30 heavy (non-hydrogen) atoms. The van der Waals surface area contributed by atoms with Crippen LogP contribution in [0.3, 0.4) is 0 Å². The first-order valence-electron chi connectivity index (χ1n) is 10.8. The van der Waals surface area contributed by atoms with Crippen molar-refractivity contribution >= 4 is 39.1 Å². The molecule has 3 aromatic rings. The Morgan fingerprint density at radius 1 is 1.23 bits per heavy atom. The summed E-state index contributed by atoms with van der Waals surface area (Å²) in [4.78, 5) is 30.4. The number of nitrogens with one attached hydrogen (secondary N) is 1. The van der Waals surface area contributed by atoms with Crippen LogP contribution >= 0.6 is 11.3 Å². The molecule has 0 saturated heterocycles. The summed E-state index contributed by atoms with van der Waals surface area (Å²) in [5.41, 5.74) is 1.58. The van der Waals surface area contributed by atoms with Crippen LogP contribution in [0.2, 0.25) is 0 Å². The van der Waals surface area contributed by atoms with Gasteiger partial charge in [0.15, 0.2) is 0 Å². The second kappa shape index (κ2) is 7.27. The largest absolute Gasteiger partial charge is 0.351 e. The van der Waals surface area contributed by atoms with Gasteiger partial charge in [0.25, 0.3) is 5.91 Å². The van der Waals surface area contributed by atoms with Crippen molar-refractivity contribution in [2.24, 2.45) is 0 Å². The van der Waals surface area contributed by atoms with Gasteiger partial charge in [-0.25, -0.2) is 0 Å². The molecule has 3 heterocycles. The molecule has 156 valence electrons. The third-order valence-corrected chi connectivity index (χ3v) is 7.63. The number of fused-ring (bicyclic) bond motifs is 3. The van der Waals surface area contributed by atoms with Gasteiger partial charge in [0.05, 0.1) is 6.54 Å². The fourth-order valence-corrected chi connectivity index (χ4v) is 5.91. The molecule has 1 aliphatic carbocycles. The van der Waals surface area contributed by atoms with Gasteiger partial charge in [0, 0.05) is 17.1 Å². The minimum absolute atomic E-state index is 0.0577. The zero-order chi connectivity index (χ0) is 20.9. The number of hydrogen-bond acceptors (Lipinski definition) is 3. The van der Waals surface area contributed by atoms with Gasteiger partial charge in [-0.1, -0.05) is 38.0 Å². The van der Waals surface area contributed by atoms with Crippen molar-refractivity contribution in [1.82, 2.24) is 9.88 Å². The minimum Gasteiger partial charge on any atom is -0.351 e. The number of rotatable bonds is 4. The Hall–Kier alpha value is -2.60. The topological polar surface area (TPSA) is 54.3 Å². The number of carbonyl (C=O) groups is 2. The third-order valence-electron chi connectivity index (χ3n) is 6.68. The van der Waals surface area contributed by atoms with Gasteiger partial charge < -0.3 is 9.88 Å². The Morgan fingerprint density at radius 2 is 2.00 bits per heavy atom. The Balaban J connectivity index is 1.65. The van der Waals surface area contributed by atoms with Gasteiger partial charge in [0.1, 0.15) is 16.1 Å². The van der Waals surface area contributed by atoms with Crippen molar-refractivity contribution in [3.8, 4) is 0 Å². The second-order valence-corrected chi connectivity index (χ2v) is 9.54. The lowest BCUT2D eigenvalue weighted by Gasteiger charge is -2.45. The van der Waals surface area contributed by atoms with E-state index in [1.165, 1.54) is 0 Å². The van der Waals surface area contributed by atoms with Crippen LogP contribution in [0, 0.1) is 0 Å². The summed E-state index contributed by atoms with van der Waals surface area (Å²) in [6.45, 7) is 4.46. The molecule has 1 fully saturated rings. The van der Waals surface area contributed by atoms with E-state index in [0.29, 0.717) is 12.2 Å². The lowest BCUT2D eigenvalue weighted by Crippen LogP contribution is -2.65. The summed E-state index contributed by atoms with van der Waals surface area (Å²) in [6.07, 6.45) is 5.15. The maximum absolute atomic E-state index is 13.8. The number of benzene rings is 1. The first-order valence-corrected chi connectivity index (χ1v) is 11.7. The Labute approximate surface area is 180 Å². The number of para-hydroxylation sites is 1. The molecule has 0 unspecified atom stereocenters. The van der Waals surface area contributed by atoms with E-state index in [4.69, 9.17) is 0 Å². The van der Waals surface area contributed by atoms with Gasteiger partial charge in [-0.15, -0.1) is 11.3 Å². The number of hydrogen-bond donors (Lipinski definition) is 1. The Kier molecular flexibility index (Phi) is 4.69. The van der Waals surface area contributed by atoms with E-state index in [9.17, 15) is 9.59 Å². The summed E-state index contributed by atoms with van der Waals surface area (Å²) in [7, 11) is 0. The molecule has 1 aliphatic heterocycles. The predicted octanol–water partition coefficient (Wildman–Crippen LogP) is 4.74. The van der Waals surface area contributed by atoms with Crippen LogP contribution in [-0.2, 0) is 17.8 Å². The number of anilines is 1. The third kappa shape index (κ3) is 2.88. The Morgan fingerprint density at radius 3 is 2.77 bits per heavy atom. The van der Waals surface area contributed by atoms with Crippen LogP contribution in [0.25, 0.3) is 10.2 Å². The monoisotopic (exact) mass is 421 g/mol. The van der Waals surface area contributed by atoms with Gasteiger partial charge in [-0.3, -0.25) is 14.5 Å². The quantitative estimate of drug-likeness (QED) is 0.661. The van der Waals surface area contributed by atoms with Gasteiger partial charge in [-0.2, -0.15) is 0 Å². The van der Waals surface area contributed by atoms with Crippen LogP contribution in [0.5, 0.6) is 0 Å². The average Bonchev–Trinajstić information content (AvgIpc) is 3.47. The van der Waals surface area contributed by atoms with E-state index >= 15 is 0 Å². The van der Waals surface area contributed by atoms with E-state index in [2.05, 4.69) is 12.2 Å². The highest BCUT2D eigenvalue weighted by Crippen LogP contribution is 2.39. The predicted molar refractivity (Wildman–Crippen MR) is 121 cm³/mol. The minimum atomic E-state index is -0.992. The molecular weight excluding hydrogens is 394 g/mol. The van der Waals surface area contributed by atoms with Crippen LogP contribution < -0.4 is 10.2 Å². The zero-order valence-electron chi connectivity index (χ0n) is 17.5. The highest BCUT2D eigenvalue weighted by molar-refractivity contribution is 7.16. The van der Waals surface area contributed by atoms with Crippen LogP contribution in [-0.4, -0.2) is 28.0 Å². The number of aromatic nitrogens is 1. The average molecular weight is 422 g/mol. The van der Waals surface area contributed by atoms with Crippen LogP contribution in [0.1, 0.15) is 55.6 Å². The highest BCUT2D eigenvalue weighted by Gasteiger charge is 2.49. The maximum atomic E-state index is 13.8.